The van der Waals surface area contributed by atoms with Crippen LogP contribution in [0.15, 0.2) is 23.4 Å². The highest BCUT2D eigenvalue weighted by atomic mass is 32.2. The van der Waals surface area contributed by atoms with Crippen LogP contribution < -0.4 is 4.72 Å². The van der Waals surface area contributed by atoms with Gasteiger partial charge in [-0.25, -0.2) is 13.1 Å². The first-order chi connectivity index (χ1) is 10.0. The number of sulfonamides is 1. The third kappa shape index (κ3) is 3.98. The van der Waals surface area contributed by atoms with Gasteiger partial charge in [0, 0.05) is 24.4 Å². The number of aliphatic hydroxyl groups is 1. The number of tetrazole rings is 1. The fraction of sp³-hybridized carbons (Fsp3) is 0.273. The standard InChI is InChI=1S/C11H12N6O3S/c1-17-14-11(13-16-17)15-21(19,20)10-6-9(7-12-8-10)4-2-3-5-18/h6-8,18H,3,5H2,1H3,(H,14,15). The number of aromatic nitrogens is 5. The minimum Gasteiger partial charge on any atom is -0.395 e. The van der Waals surface area contributed by atoms with Crippen LogP contribution in [-0.4, -0.2) is 45.3 Å². The number of nitrogens with one attached hydrogen (secondary N) is 1. The summed E-state index contributed by atoms with van der Waals surface area (Å²) in [5.74, 6) is 5.27. The van der Waals surface area contributed by atoms with Crippen molar-refractivity contribution in [3.8, 4) is 11.8 Å². The molecule has 0 bridgehead atoms. The van der Waals surface area contributed by atoms with Gasteiger partial charge in [0.15, 0.2) is 0 Å². The first-order valence-corrected chi connectivity index (χ1v) is 7.31. The van der Waals surface area contributed by atoms with E-state index in [0.29, 0.717) is 12.0 Å². The van der Waals surface area contributed by atoms with Gasteiger partial charge in [0.2, 0.25) is 0 Å². The van der Waals surface area contributed by atoms with E-state index in [9.17, 15) is 8.42 Å². The van der Waals surface area contributed by atoms with E-state index in [0.717, 1.165) is 4.80 Å². The number of anilines is 1. The minimum absolute atomic E-state index is 0.0572. The second kappa shape index (κ2) is 6.29. The number of aryl methyl sites for hydroxylation is 1. The molecule has 9 nitrogen and oxygen atoms in total. The van der Waals surface area contributed by atoms with Crippen LogP contribution in [-0.2, 0) is 17.1 Å². The Morgan fingerprint density at radius 3 is 2.90 bits per heavy atom. The molecular weight excluding hydrogens is 296 g/mol. The van der Waals surface area contributed by atoms with E-state index in [2.05, 4.69) is 37.0 Å². The van der Waals surface area contributed by atoms with Crippen LogP contribution in [0.2, 0.25) is 0 Å². The lowest BCUT2D eigenvalue weighted by Crippen LogP contribution is -2.14. The molecule has 0 aromatic carbocycles. The molecule has 0 saturated carbocycles. The zero-order chi connectivity index (χ0) is 15.3. The molecule has 0 atom stereocenters. The van der Waals surface area contributed by atoms with Crippen molar-refractivity contribution in [3.05, 3.63) is 24.0 Å². The number of rotatable bonds is 4. The van der Waals surface area contributed by atoms with Gasteiger partial charge in [-0.2, -0.15) is 4.80 Å². The number of aliphatic hydroxyl groups excluding tert-OH is 1. The average Bonchev–Trinajstić information content (AvgIpc) is 2.84. The maximum atomic E-state index is 12.1. The summed E-state index contributed by atoms with van der Waals surface area (Å²) >= 11 is 0. The van der Waals surface area contributed by atoms with Gasteiger partial charge >= 0.3 is 0 Å². The number of nitrogens with zero attached hydrogens (tertiary/aromatic N) is 5. The molecule has 2 N–H and O–H groups in total. The van der Waals surface area contributed by atoms with Gasteiger partial charge in [-0.1, -0.05) is 16.9 Å². The van der Waals surface area contributed by atoms with Crippen LogP contribution in [0.5, 0.6) is 0 Å². The van der Waals surface area contributed by atoms with Crippen molar-refractivity contribution in [2.24, 2.45) is 7.05 Å². The van der Waals surface area contributed by atoms with Gasteiger partial charge in [0.05, 0.1) is 13.7 Å². The highest BCUT2D eigenvalue weighted by molar-refractivity contribution is 7.92. The van der Waals surface area contributed by atoms with Crippen LogP contribution >= 0.6 is 0 Å². The second-order valence-corrected chi connectivity index (χ2v) is 5.58. The topological polar surface area (TPSA) is 123 Å². The Labute approximate surface area is 121 Å². The zero-order valence-corrected chi connectivity index (χ0v) is 11.9. The number of hydrogen-bond donors (Lipinski definition) is 2. The third-order valence-electron chi connectivity index (χ3n) is 2.23. The SMILES string of the molecule is Cn1nnc(NS(=O)(=O)c2cncc(C#CCCO)c2)n1. The van der Waals surface area contributed by atoms with Crippen LogP contribution in [0.4, 0.5) is 5.95 Å². The van der Waals surface area contributed by atoms with Crippen LogP contribution in [0.25, 0.3) is 0 Å². The summed E-state index contributed by atoms with van der Waals surface area (Å²) in [7, 11) is -2.34. The van der Waals surface area contributed by atoms with E-state index in [4.69, 9.17) is 5.11 Å². The summed E-state index contributed by atoms with van der Waals surface area (Å²) in [4.78, 5) is 4.90. The molecule has 21 heavy (non-hydrogen) atoms. The van der Waals surface area contributed by atoms with Crippen LogP contribution in [0, 0.1) is 11.8 Å². The fourth-order valence-electron chi connectivity index (χ4n) is 1.36. The first-order valence-electron chi connectivity index (χ1n) is 5.83. The Bertz CT molecular complexity index is 790. The third-order valence-corrected chi connectivity index (χ3v) is 3.52. The lowest BCUT2D eigenvalue weighted by molar-refractivity contribution is 0.305. The predicted molar refractivity (Wildman–Crippen MR) is 72.4 cm³/mol. The average molecular weight is 308 g/mol. The molecule has 0 aliphatic rings. The quantitative estimate of drug-likeness (QED) is 0.704. The van der Waals surface area contributed by atoms with E-state index >= 15 is 0 Å². The molecule has 0 unspecified atom stereocenters. The van der Waals surface area contributed by atoms with E-state index in [1.807, 2.05) is 0 Å². The van der Waals surface area contributed by atoms with Gasteiger partial charge in [0.25, 0.3) is 16.0 Å². The van der Waals surface area contributed by atoms with Crippen molar-refractivity contribution >= 4 is 16.0 Å². The molecule has 0 aliphatic heterocycles. The summed E-state index contributed by atoms with van der Waals surface area (Å²) < 4.78 is 26.5. The normalized spacial score (nSPS) is 10.8. The van der Waals surface area contributed by atoms with E-state index in [-0.39, 0.29) is 17.5 Å². The lowest BCUT2D eigenvalue weighted by atomic mass is 10.3. The van der Waals surface area contributed by atoms with Crippen molar-refractivity contribution < 1.29 is 13.5 Å². The Balaban J connectivity index is 2.24. The zero-order valence-electron chi connectivity index (χ0n) is 11.1. The molecular formula is C11H12N6O3S. The van der Waals surface area contributed by atoms with E-state index < -0.39 is 10.0 Å². The number of pyridine rings is 1. The van der Waals surface area contributed by atoms with Crippen molar-refractivity contribution in [2.75, 3.05) is 11.3 Å². The molecule has 2 heterocycles. The monoisotopic (exact) mass is 308 g/mol. The molecule has 110 valence electrons. The molecule has 0 spiro atoms. The predicted octanol–water partition coefficient (Wildman–Crippen LogP) is -0.860. The van der Waals surface area contributed by atoms with E-state index in [1.54, 1.807) is 0 Å². The Kier molecular flexibility index (Phi) is 4.46. The molecule has 10 heteroatoms. The summed E-state index contributed by atoms with van der Waals surface area (Å²) in [5, 5.41) is 19.5. The maximum absolute atomic E-state index is 12.1. The van der Waals surface area contributed by atoms with Gasteiger partial charge in [-0.05, 0) is 11.3 Å². The summed E-state index contributed by atoms with van der Waals surface area (Å²) in [6, 6.07) is 1.37. The highest BCUT2D eigenvalue weighted by Gasteiger charge is 2.17. The maximum Gasteiger partial charge on any atom is 0.277 e. The molecule has 0 aliphatic carbocycles. The first kappa shape index (κ1) is 14.9. The lowest BCUT2D eigenvalue weighted by Gasteiger charge is -2.03. The van der Waals surface area contributed by atoms with Crippen molar-refractivity contribution in [1.29, 1.82) is 0 Å². The Morgan fingerprint density at radius 2 is 2.24 bits per heavy atom. The molecule has 0 saturated heterocycles. The highest BCUT2D eigenvalue weighted by Crippen LogP contribution is 2.12. The molecule has 0 amide bonds. The number of hydrogen-bond acceptors (Lipinski definition) is 7. The summed E-state index contributed by atoms with van der Waals surface area (Å²) in [6.45, 7) is -0.0572. The van der Waals surface area contributed by atoms with Gasteiger partial charge in [0.1, 0.15) is 4.90 Å². The Morgan fingerprint density at radius 1 is 1.43 bits per heavy atom. The van der Waals surface area contributed by atoms with Gasteiger partial charge in [-0.15, -0.1) is 5.10 Å². The van der Waals surface area contributed by atoms with Crippen LogP contribution in [0.3, 0.4) is 0 Å². The molecule has 2 aromatic heterocycles. The van der Waals surface area contributed by atoms with Crippen molar-refractivity contribution in [1.82, 2.24) is 25.2 Å². The Hall–Kier alpha value is -2.51. The fourth-order valence-corrected chi connectivity index (χ4v) is 2.28. The van der Waals surface area contributed by atoms with Gasteiger partial charge in [-0.3, -0.25) is 4.98 Å². The summed E-state index contributed by atoms with van der Waals surface area (Å²) in [5.41, 5.74) is 0.429. The van der Waals surface area contributed by atoms with Crippen molar-refractivity contribution in [2.45, 2.75) is 11.3 Å². The molecule has 0 fully saturated rings. The second-order valence-electron chi connectivity index (χ2n) is 3.89. The van der Waals surface area contributed by atoms with Crippen molar-refractivity contribution in [3.63, 3.8) is 0 Å². The molecule has 0 radical (unpaired) electrons. The molecule has 2 aromatic rings. The van der Waals surface area contributed by atoms with Gasteiger partial charge < -0.3 is 5.11 Å². The molecule has 2 rings (SSSR count). The minimum atomic E-state index is -3.86. The largest absolute Gasteiger partial charge is 0.395 e. The van der Waals surface area contributed by atoms with E-state index in [1.165, 1.54) is 25.5 Å². The summed E-state index contributed by atoms with van der Waals surface area (Å²) in [6.07, 6.45) is 2.93. The van der Waals surface area contributed by atoms with Crippen LogP contribution in [0.1, 0.15) is 12.0 Å². The smallest absolute Gasteiger partial charge is 0.277 e.